The number of carboxylic acid groups (broad SMARTS) is 1. The summed E-state index contributed by atoms with van der Waals surface area (Å²) >= 11 is 0. The number of aliphatic carboxylic acids is 1. The molecule has 1 saturated heterocycles. The van der Waals surface area contributed by atoms with E-state index < -0.39 is 17.8 Å². The molecule has 0 saturated carbocycles. The Morgan fingerprint density at radius 1 is 1.21 bits per heavy atom. The van der Waals surface area contributed by atoms with Crippen molar-refractivity contribution in [2.75, 3.05) is 6.54 Å². The van der Waals surface area contributed by atoms with Crippen molar-refractivity contribution in [3.8, 4) is 0 Å². The van der Waals surface area contributed by atoms with Crippen LogP contribution >= 0.6 is 0 Å². The number of likely N-dealkylation sites (tertiary alicyclic amines) is 1. The van der Waals surface area contributed by atoms with Gasteiger partial charge < -0.3 is 14.8 Å². The van der Waals surface area contributed by atoms with E-state index in [1.807, 2.05) is 17.1 Å². The average Bonchev–Trinajstić information content (AvgIpc) is 2.46. The van der Waals surface area contributed by atoms with Gasteiger partial charge in [-0.3, -0.25) is 4.79 Å². The molecule has 2 aliphatic rings. The van der Waals surface area contributed by atoms with Crippen LogP contribution in [0.25, 0.3) is 0 Å². The van der Waals surface area contributed by atoms with Crippen LogP contribution in [0, 0.1) is 11.8 Å². The van der Waals surface area contributed by atoms with E-state index in [9.17, 15) is 14.7 Å². The second kappa shape index (κ2) is 6.22. The predicted octanol–water partition coefficient (Wildman–Crippen LogP) is 1.11. The third-order valence-corrected chi connectivity index (χ3v) is 4.43. The number of piperidine rings is 1. The maximum atomic E-state index is 12.6. The Labute approximate surface area is 114 Å². The summed E-state index contributed by atoms with van der Waals surface area (Å²) in [5.41, 5.74) is 0. The SMILES string of the molecule is CC[C@H]1CCCCN1C(=O)[C@H]1CC=CC[C@@H]1C(=O)[O-]. The summed E-state index contributed by atoms with van der Waals surface area (Å²) in [6.07, 6.45) is 8.90. The van der Waals surface area contributed by atoms with Crippen molar-refractivity contribution < 1.29 is 14.7 Å². The molecule has 1 fully saturated rings. The van der Waals surface area contributed by atoms with Crippen LogP contribution in [0.2, 0.25) is 0 Å². The number of carbonyl (C=O) groups excluding carboxylic acids is 2. The zero-order valence-corrected chi connectivity index (χ0v) is 11.5. The topological polar surface area (TPSA) is 60.4 Å². The third-order valence-electron chi connectivity index (χ3n) is 4.43. The van der Waals surface area contributed by atoms with E-state index in [2.05, 4.69) is 6.92 Å². The Bertz CT molecular complexity index is 378. The first-order valence-corrected chi connectivity index (χ1v) is 7.31. The highest BCUT2D eigenvalue weighted by Gasteiger charge is 2.35. The lowest BCUT2D eigenvalue weighted by Gasteiger charge is -2.40. The maximum Gasteiger partial charge on any atom is 0.226 e. The number of hydrogen-bond acceptors (Lipinski definition) is 3. The van der Waals surface area contributed by atoms with Crippen molar-refractivity contribution >= 4 is 11.9 Å². The van der Waals surface area contributed by atoms with Gasteiger partial charge >= 0.3 is 0 Å². The second-order valence-electron chi connectivity index (χ2n) is 5.56. The summed E-state index contributed by atoms with van der Waals surface area (Å²) in [7, 11) is 0. The van der Waals surface area contributed by atoms with Crippen LogP contribution in [0.15, 0.2) is 12.2 Å². The highest BCUT2D eigenvalue weighted by molar-refractivity contribution is 5.85. The lowest BCUT2D eigenvalue weighted by molar-refractivity contribution is -0.313. The predicted molar refractivity (Wildman–Crippen MR) is 70.0 cm³/mol. The number of allylic oxidation sites excluding steroid dienone is 2. The van der Waals surface area contributed by atoms with Crippen molar-refractivity contribution in [3.05, 3.63) is 12.2 Å². The summed E-state index contributed by atoms with van der Waals surface area (Å²) in [6, 6.07) is 0.287. The smallest absolute Gasteiger partial charge is 0.226 e. The third kappa shape index (κ3) is 2.99. The molecule has 1 aliphatic heterocycles. The normalized spacial score (nSPS) is 31.2. The van der Waals surface area contributed by atoms with Gasteiger partial charge in [0.25, 0.3) is 0 Å². The first-order valence-electron chi connectivity index (χ1n) is 7.31. The summed E-state index contributed by atoms with van der Waals surface area (Å²) in [6.45, 7) is 2.87. The number of carboxylic acids is 1. The monoisotopic (exact) mass is 264 g/mol. The number of hydrogen-bond donors (Lipinski definition) is 0. The zero-order valence-electron chi connectivity index (χ0n) is 11.5. The van der Waals surface area contributed by atoms with Gasteiger partial charge in [0.1, 0.15) is 0 Å². The van der Waals surface area contributed by atoms with Gasteiger partial charge in [-0.1, -0.05) is 19.1 Å². The Hall–Kier alpha value is -1.32. The van der Waals surface area contributed by atoms with Crippen LogP contribution in [0.4, 0.5) is 0 Å². The first-order chi connectivity index (χ1) is 9.15. The minimum absolute atomic E-state index is 0.0186. The van der Waals surface area contributed by atoms with Crippen molar-refractivity contribution in [2.24, 2.45) is 11.8 Å². The van der Waals surface area contributed by atoms with E-state index in [1.165, 1.54) is 0 Å². The summed E-state index contributed by atoms with van der Waals surface area (Å²) in [5.74, 6) is -2.16. The minimum atomic E-state index is -1.09. The number of rotatable bonds is 3. The molecule has 0 aromatic rings. The number of nitrogens with zero attached hydrogens (tertiary/aromatic N) is 1. The molecule has 0 N–H and O–H groups in total. The van der Waals surface area contributed by atoms with Crippen LogP contribution in [-0.4, -0.2) is 29.4 Å². The van der Waals surface area contributed by atoms with E-state index >= 15 is 0 Å². The first kappa shape index (κ1) is 14.1. The quantitative estimate of drug-likeness (QED) is 0.717. The molecule has 0 bridgehead atoms. The highest BCUT2D eigenvalue weighted by atomic mass is 16.4. The lowest BCUT2D eigenvalue weighted by Crippen LogP contribution is -2.50. The van der Waals surface area contributed by atoms with Gasteiger partial charge in [0.15, 0.2) is 0 Å². The molecule has 4 nitrogen and oxygen atoms in total. The molecule has 1 amide bonds. The van der Waals surface area contributed by atoms with Gasteiger partial charge in [-0.25, -0.2) is 0 Å². The molecule has 3 atom stereocenters. The minimum Gasteiger partial charge on any atom is -0.550 e. The average molecular weight is 264 g/mol. The van der Waals surface area contributed by atoms with E-state index in [4.69, 9.17) is 0 Å². The van der Waals surface area contributed by atoms with E-state index in [0.717, 1.165) is 32.2 Å². The van der Waals surface area contributed by atoms with Crippen LogP contribution in [-0.2, 0) is 9.59 Å². The lowest BCUT2D eigenvalue weighted by atomic mass is 9.81. The Balaban J connectivity index is 2.12. The van der Waals surface area contributed by atoms with Crippen molar-refractivity contribution in [1.29, 1.82) is 0 Å². The molecular weight excluding hydrogens is 242 g/mol. The number of carbonyl (C=O) groups is 2. The van der Waals surface area contributed by atoms with E-state index in [-0.39, 0.29) is 11.9 Å². The summed E-state index contributed by atoms with van der Waals surface area (Å²) < 4.78 is 0. The van der Waals surface area contributed by atoms with E-state index in [0.29, 0.717) is 12.8 Å². The fourth-order valence-corrected chi connectivity index (χ4v) is 3.28. The molecule has 0 aromatic carbocycles. The molecule has 1 aliphatic carbocycles. The fourth-order valence-electron chi connectivity index (χ4n) is 3.28. The zero-order chi connectivity index (χ0) is 13.8. The van der Waals surface area contributed by atoms with Gasteiger partial charge in [0.2, 0.25) is 5.91 Å². The van der Waals surface area contributed by atoms with Gasteiger partial charge in [0, 0.05) is 30.4 Å². The van der Waals surface area contributed by atoms with Gasteiger partial charge in [-0.05, 0) is 38.5 Å². The molecule has 0 radical (unpaired) electrons. The molecule has 0 aromatic heterocycles. The second-order valence-corrected chi connectivity index (χ2v) is 5.56. The summed E-state index contributed by atoms with van der Waals surface area (Å²) in [5, 5.41) is 11.2. The Morgan fingerprint density at radius 2 is 1.89 bits per heavy atom. The Morgan fingerprint density at radius 3 is 2.53 bits per heavy atom. The standard InChI is InChI=1S/C15H23NO3/c1-2-11-7-5-6-10-16(11)14(17)12-8-3-4-9-13(12)15(18)19/h3-4,11-13H,2,5-10H2,1H3,(H,18,19)/p-1/t11-,12-,13-/m0/s1. The largest absolute Gasteiger partial charge is 0.550 e. The van der Waals surface area contributed by atoms with Crippen LogP contribution in [0.5, 0.6) is 0 Å². The van der Waals surface area contributed by atoms with Gasteiger partial charge in [0.05, 0.1) is 0 Å². The molecule has 0 unspecified atom stereocenters. The van der Waals surface area contributed by atoms with Crippen molar-refractivity contribution in [1.82, 2.24) is 4.90 Å². The van der Waals surface area contributed by atoms with Crippen molar-refractivity contribution in [2.45, 2.75) is 51.5 Å². The van der Waals surface area contributed by atoms with Gasteiger partial charge in [-0.2, -0.15) is 0 Å². The molecule has 19 heavy (non-hydrogen) atoms. The molecular formula is C15H22NO3-. The highest BCUT2D eigenvalue weighted by Crippen LogP contribution is 2.30. The molecule has 1 heterocycles. The van der Waals surface area contributed by atoms with Crippen LogP contribution < -0.4 is 5.11 Å². The van der Waals surface area contributed by atoms with Crippen LogP contribution in [0.3, 0.4) is 0 Å². The number of amides is 1. The Kier molecular flexibility index (Phi) is 4.61. The molecule has 0 spiro atoms. The fraction of sp³-hybridized carbons (Fsp3) is 0.733. The summed E-state index contributed by atoms with van der Waals surface area (Å²) in [4.78, 5) is 25.7. The van der Waals surface area contributed by atoms with Gasteiger partial charge in [-0.15, -0.1) is 0 Å². The van der Waals surface area contributed by atoms with Crippen LogP contribution in [0.1, 0.15) is 45.4 Å². The molecule has 4 heteroatoms. The molecule has 106 valence electrons. The molecule has 2 rings (SSSR count). The van der Waals surface area contributed by atoms with E-state index in [1.54, 1.807) is 0 Å². The van der Waals surface area contributed by atoms with Crippen molar-refractivity contribution in [3.63, 3.8) is 0 Å². The maximum absolute atomic E-state index is 12.6.